The van der Waals surface area contributed by atoms with E-state index in [9.17, 15) is 9.59 Å². The third kappa shape index (κ3) is 3.12. The van der Waals surface area contributed by atoms with E-state index in [0.29, 0.717) is 0 Å². The van der Waals surface area contributed by atoms with Crippen LogP contribution >= 0.6 is 11.3 Å². The fourth-order valence-electron chi connectivity index (χ4n) is 3.59. The van der Waals surface area contributed by atoms with Crippen LogP contribution in [0.1, 0.15) is 65.1 Å². The molecule has 114 valence electrons. The summed E-state index contributed by atoms with van der Waals surface area (Å²) in [5.74, 6) is -0.916. The second-order valence-electron chi connectivity index (χ2n) is 6.28. The van der Waals surface area contributed by atoms with Crippen LogP contribution < -0.4 is 5.32 Å². The van der Waals surface area contributed by atoms with E-state index < -0.39 is 11.5 Å². The molecule has 2 aliphatic rings. The monoisotopic (exact) mass is 307 g/mol. The van der Waals surface area contributed by atoms with Gasteiger partial charge in [0.05, 0.1) is 16.8 Å². The second-order valence-corrected chi connectivity index (χ2v) is 7.41. The first-order chi connectivity index (χ1) is 10.1. The molecule has 0 saturated heterocycles. The minimum atomic E-state index is -0.831. The summed E-state index contributed by atoms with van der Waals surface area (Å²) < 4.78 is 0. The summed E-state index contributed by atoms with van der Waals surface area (Å²) in [5.41, 5.74) is 0.781. The van der Waals surface area contributed by atoms with Crippen LogP contribution in [0.4, 0.5) is 0 Å². The number of hydrogen-bond donors (Lipinski definition) is 2. The fourth-order valence-corrected chi connectivity index (χ4v) is 4.74. The van der Waals surface area contributed by atoms with Crippen molar-refractivity contribution in [2.75, 3.05) is 0 Å². The first-order valence-electron chi connectivity index (χ1n) is 7.74. The lowest BCUT2D eigenvalue weighted by Gasteiger charge is -2.28. The number of fused-ring (bicyclic) bond motifs is 1. The second kappa shape index (κ2) is 5.79. The van der Waals surface area contributed by atoms with Gasteiger partial charge in [-0.2, -0.15) is 0 Å². The number of carbonyl (C=O) groups is 2. The number of carbonyl (C=O) groups excluding carboxylic acids is 1. The Balaban J connectivity index is 1.75. The van der Waals surface area contributed by atoms with Crippen LogP contribution in [0.15, 0.2) is 6.07 Å². The Labute approximate surface area is 128 Å². The quantitative estimate of drug-likeness (QED) is 0.898. The maximum absolute atomic E-state index is 12.5. The maximum atomic E-state index is 12.5. The van der Waals surface area contributed by atoms with Gasteiger partial charge in [0.1, 0.15) is 0 Å². The molecule has 0 aliphatic heterocycles. The molecule has 0 spiro atoms. The number of amides is 1. The summed E-state index contributed by atoms with van der Waals surface area (Å²) in [5, 5.41) is 12.1. The van der Waals surface area contributed by atoms with Crippen LogP contribution in [0, 0.1) is 0 Å². The van der Waals surface area contributed by atoms with E-state index in [0.717, 1.165) is 43.4 Å². The Morgan fingerprint density at radius 2 is 1.90 bits per heavy atom. The van der Waals surface area contributed by atoms with E-state index in [1.165, 1.54) is 23.3 Å². The smallest absolute Gasteiger partial charge is 0.305 e. The molecule has 1 saturated carbocycles. The van der Waals surface area contributed by atoms with Crippen molar-refractivity contribution in [1.29, 1.82) is 0 Å². The van der Waals surface area contributed by atoms with Crippen LogP contribution in [-0.2, 0) is 17.6 Å². The van der Waals surface area contributed by atoms with Gasteiger partial charge < -0.3 is 10.4 Å². The lowest BCUT2D eigenvalue weighted by molar-refractivity contribution is -0.138. The lowest BCUT2D eigenvalue weighted by atomic mass is 9.93. The number of aryl methyl sites for hydroxylation is 2. The molecule has 3 rings (SSSR count). The third-order valence-corrected chi connectivity index (χ3v) is 5.89. The molecule has 1 aromatic rings. The highest BCUT2D eigenvalue weighted by Crippen LogP contribution is 2.34. The molecule has 1 amide bonds. The van der Waals surface area contributed by atoms with E-state index in [4.69, 9.17) is 5.11 Å². The van der Waals surface area contributed by atoms with Crippen molar-refractivity contribution in [2.24, 2.45) is 0 Å². The number of nitrogens with one attached hydrogen (secondary N) is 1. The molecule has 1 fully saturated rings. The van der Waals surface area contributed by atoms with E-state index in [-0.39, 0.29) is 12.3 Å². The molecule has 21 heavy (non-hydrogen) atoms. The zero-order valence-electron chi connectivity index (χ0n) is 12.1. The largest absolute Gasteiger partial charge is 0.481 e. The van der Waals surface area contributed by atoms with Crippen LogP contribution in [-0.4, -0.2) is 22.5 Å². The number of thiophene rings is 1. The van der Waals surface area contributed by atoms with Crippen molar-refractivity contribution in [3.8, 4) is 0 Å². The first kappa shape index (κ1) is 14.6. The van der Waals surface area contributed by atoms with Gasteiger partial charge in [0, 0.05) is 4.88 Å². The summed E-state index contributed by atoms with van der Waals surface area (Å²) in [6.45, 7) is 0. The first-order valence-corrected chi connectivity index (χ1v) is 8.56. The molecule has 1 aromatic heterocycles. The lowest BCUT2D eigenvalue weighted by Crippen LogP contribution is -2.47. The van der Waals surface area contributed by atoms with Crippen molar-refractivity contribution in [3.05, 3.63) is 21.4 Å². The third-order valence-electron chi connectivity index (χ3n) is 4.65. The molecule has 0 unspecified atom stereocenters. The molecule has 0 atom stereocenters. The van der Waals surface area contributed by atoms with Crippen LogP contribution in [0.2, 0.25) is 0 Å². The van der Waals surface area contributed by atoms with Gasteiger partial charge in [0.25, 0.3) is 5.91 Å². The van der Waals surface area contributed by atoms with E-state index >= 15 is 0 Å². The van der Waals surface area contributed by atoms with Gasteiger partial charge in [0.15, 0.2) is 0 Å². The molecule has 0 radical (unpaired) electrons. The van der Waals surface area contributed by atoms with Crippen LogP contribution in [0.25, 0.3) is 0 Å². The van der Waals surface area contributed by atoms with Crippen molar-refractivity contribution in [1.82, 2.24) is 5.32 Å². The van der Waals surface area contributed by atoms with Gasteiger partial charge >= 0.3 is 5.97 Å². The van der Waals surface area contributed by atoms with E-state index in [1.54, 1.807) is 11.3 Å². The Hall–Kier alpha value is -1.36. The predicted molar refractivity (Wildman–Crippen MR) is 81.9 cm³/mol. The van der Waals surface area contributed by atoms with Crippen molar-refractivity contribution < 1.29 is 14.7 Å². The van der Waals surface area contributed by atoms with Crippen LogP contribution in [0.3, 0.4) is 0 Å². The fraction of sp³-hybridized carbons (Fsp3) is 0.625. The summed E-state index contributed by atoms with van der Waals surface area (Å²) in [6, 6.07) is 2.01. The number of rotatable bonds is 4. The molecule has 2 N–H and O–H groups in total. The molecule has 0 aromatic carbocycles. The van der Waals surface area contributed by atoms with E-state index in [2.05, 4.69) is 5.32 Å². The van der Waals surface area contributed by atoms with Gasteiger partial charge in [-0.05, 0) is 50.2 Å². The number of carboxylic acid groups (broad SMARTS) is 1. The Morgan fingerprint density at radius 1 is 1.19 bits per heavy atom. The topological polar surface area (TPSA) is 66.4 Å². The molecular formula is C16H21NO3S. The van der Waals surface area contributed by atoms with Gasteiger partial charge in [-0.15, -0.1) is 11.3 Å². The SMILES string of the molecule is O=C(O)CC1(NC(=O)c2cc3c(s2)CCCC3)CCCC1. The minimum absolute atomic E-state index is 0.0316. The van der Waals surface area contributed by atoms with Gasteiger partial charge in [0.2, 0.25) is 0 Å². The minimum Gasteiger partial charge on any atom is -0.481 e. The Morgan fingerprint density at radius 3 is 2.57 bits per heavy atom. The highest BCUT2D eigenvalue weighted by Gasteiger charge is 2.38. The zero-order chi connectivity index (χ0) is 14.9. The standard InChI is InChI=1S/C16H21NO3S/c18-14(19)10-16(7-3-4-8-16)17-15(20)13-9-11-5-1-2-6-12(11)21-13/h9H,1-8,10H2,(H,17,20)(H,18,19). The average Bonchev–Trinajstić information content (AvgIpc) is 3.04. The molecule has 1 heterocycles. The summed E-state index contributed by atoms with van der Waals surface area (Å²) >= 11 is 1.58. The Kier molecular flexibility index (Phi) is 4.02. The molecule has 5 heteroatoms. The number of carboxylic acids is 1. The predicted octanol–water partition coefficient (Wildman–Crippen LogP) is 3.14. The normalized spacial score (nSPS) is 20.0. The molecular weight excluding hydrogens is 286 g/mol. The van der Waals surface area contributed by atoms with Crippen molar-refractivity contribution >= 4 is 23.2 Å². The summed E-state index contributed by atoms with van der Waals surface area (Å²) in [6.07, 6.45) is 8.12. The number of aliphatic carboxylic acids is 1. The molecule has 0 bridgehead atoms. The summed E-state index contributed by atoms with van der Waals surface area (Å²) in [4.78, 5) is 25.7. The van der Waals surface area contributed by atoms with Crippen LogP contribution in [0.5, 0.6) is 0 Å². The van der Waals surface area contributed by atoms with E-state index in [1.807, 2.05) is 6.07 Å². The highest BCUT2D eigenvalue weighted by atomic mass is 32.1. The Bertz CT molecular complexity index is 534. The highest BCUT2D eigenvalue weighted by molar-refractivity contribution is 7.14. The molecule has 2 aliphatic carbocycles. The maximum Gasteiger partial charge on any atom is 0.305 e. The van der Waals surface area contributed by atoms with Gasteiger partial charge in [-0.1, -0.05) is 12.8 Å². The average molecular weight is 307 g/mol. The van der Waals surface area contributed by atoms with Gasteiger partial charge in [-0.3, -0.25) is 9.59 Å². The van der Waals surface area contributed by atoms with Crippen molar-refractivity contribution in [2.45, 2.75) is 63.3 Å². The number of hydrogen-bond acceptors (Lipinski definition) is 3. The van der Waals surface area contributed by atoms with Gasteiger partial charge in [-0.25, -0.2) is 0 Å². The zero-order valence-corrected chi connectivity index (χ0v) is 12.9. The van der Waals surface area contributed by atoms with Crippen molar-refractivity contribution in [3.63, 3.8) is 0 Å². The molecule has 4 nitrogen and oxygen atoms in total. The summed E-state index contributed by atoms with van der Waals surface area (Å²) in [7, 11) is 0.